The number of benzene rings is 7. The molecular weight excluding hydrogens is 613 g/mol. The average molecular weight is 665 g/mol. The summed E-state index contributed by atoms with van der Waals surface area (Å²) >= 11 is 0. The fourth-order valence-corrected chi connectivity index (χ4v) is 6.05. The summed E-state index contributed by atoms with van der Waals surface area (Å²) in [7, 11) is 0. The highest BCUT2D eigenvalue weighted by Crippen LogP contribution is 2.46. The minimum absolute atomic E-state index is 0.157. The molecule has 0 atom stereocenters. The van der Waals surface area contributed by atoms with Crippen LogP contribution in [0, 0.1) is 0 Å². The van der Waals surface area contributed by atoms with Gasteiger partial charge in [-0.05, 0) is 47.4 Å². The highest BCUT2D eigenvalue weighted by Gasteiger charge is 2.23. The fourth-order valence-electron chi connectivity index (χ4n) is 6.05. The molecule has 0 spiro atoms. The van der Waals surface area contributed by atoms with Crippen molar-refractivity contribution >= 4 is 60.0 Å². The molecule has 0 unspecified atom stereocenters. The van der Waals surface area contributed by atoms with Crippen LogP contribution in [0.1, 0.15) is 35.6 Å². The molecule has 5 heteroatoms. The van der Waals surface area contributed by atoms with Crippen molar-refractivity contribution in [3.63, 3.8) is 0 Å². The fraction of sp³-hybridized carbons (Fsp3) is 0. The van der Waals surface area contributed by atoms with E-state index in [4.69, 9.17) is 31.8 Å². The number of para-hydroxylation sites is 2. The molecule has 0 bridgehead atoms. The predicted octanol–water partition coefficient (Wildman–Crippen LogP) is 11.6. The third-order valence-corrected chi connectivity index (χ3v) is 8.10. The van der Waals surface area contributed by atoms with Crippen LogP contribution in [0.2, 0.25) is 0 Å². The molecular formula is C45H26N4O. The van der Waals surface area contributed by atoms with Crippen LogP contribution in [-0.2, 0) is 0 Å². The Morgan fingerprint density at radius 2 is 1.00 bits per heavy atom. The van der Waals surface area contributed by atoms with Gasteiger partial charge in [0.15, 0.2) is 17.5 Å². The van der Waals surface area contributed by atoms with Crippen LogP contribution in [-0.4, -0.2) is 19.4 Å². The van der Waals surface area contributed by atoms with Crippen molar-refractivity contribution in [2.24, 2.45) is 0 Å². The van der Waals surface area contributed by atoms with Crippen molar-refractivity contribution in [1.29, 1.82) is 0 Å². The first-order chi connectivity index (χ1) is 35.6. The molecule has 4 heterocycles. The smallest absolute Gasteiger partial charge is 0.164 e. The summed E-state index contributed by atoms with van der Waals surface area (Å²) in [6, 6.07) is -21.3. The highest BCUT2D eigenvalue weighted by molar-refractivity contribution is 6.32. The summed E-state index contributed by atoms with van der Waals surface area (Å²) in [5.41, 5.74) is -5.37. The van der Waals surface area contributed by atoms with Crippen molar-refractivity contribution in [2.45, 2.75) is 0 Å². The van der Waals surface area contributed by atoms with Gasteiger partial charge < -0.3 is 8.82 Å². The Morgan fingerprint density at radius 3 is 1.76 bits per heavy atom. The van der Waals surface area contributed by atoms with Crippen molar-refractivity contribution < 1.29 is 40.1 Å². The molecule has 5 nitrogen and oxygen atoms in total. The second-order valence-corrected chi connectivity index (χ2v) is 10.8. The van der Waals surface area contributed by atoms with Crippen molar-refractivity contribution in [2.75, 3.05) is 0 Å². The zero-order valence-corrected chi connectivity index (χ0v) is 24.7. The third-order valence-electron chi connectivity index (χ3n) is 8.10. The van der Waals surface area contributed by atoms with E-state index in [2.05, 4.69) is 15.0 Å². The van der Waals surface area contributed by atoms with E-state index in [-0.39, 0.29) is 43.5 Å². The number of nitrogens with zero attached hydrogens (tertiary/aromatic N) is 4. The maximum absolute atomic E-state index is 9.93. The van der Waals surface area contributed by atoms with Crippen LogP contribution in [0.15, 0.2) is 162 Å². The minimum atomic E-state index is -1.02. The van der Waals surface area contributed by atoms with Gasteiger partial charge in [0.2, 0.25) is 0 Å². The summed E-state index contributed by atoms with van der Waals surface area (Å²) < 4.78 is 238. The third kappa shape index (κ3) is 3.92. The number of rotatable bonds is 4. The van der Waals surface area contributed by atoms with Gasteiger partial charge in [-0.15, -0.1) is 0 Å². The van der Waals surface area contributed by atoms with Crippen LogP contribution in [0.5, 0.6) is 0 Å². The Bertz CT molecular complexity index is 4460. The van der Waals surface area contributed by atoms with Crippen LogP contribution in [0.3, 0.4) is 0 Å². The zero-order chi connectivity index (χ0) is 55.4. The summed E-state index contributed by atoms with van der Waals surface area (Å²) in [6.07, 6.45) is 0. The molecule has 0 fully saturated rings. The first-order valence-electron chi connectivity index (χ1n) is 27.7. The molecule has 0 aliphatic carbocycles. The van der Waals surface area contributed by atoms with Crippen molar-refractivity contribution in [3.8, 4) is 45.3 Å². The summed E-state index contributed by atoms with van der Waals surface area (Å²) in [4.78, 5) is 12.8. The largest absolute Gasteiger partial charge is 0.455 e. The monoisotopic (exact) mass is 664 g/mol. The maximum Gasteiger partial charge on any atom is 0.164 e. The van der Waals surface area contributed by atoms with Crippen LogP contribution >= 0.6 is 0 Å². The van der Waals surface area contributed by atoms with Crippen LogP contribution < -0.4 is 0 Å². The van der Waals surface area contributed by atoms with E-state index < -0.39 is 219 Å². The van der Waals surface area contributed by atoms with Gasteiger partial charge in [0.05, 0.1) is 57.6 Å². The lowest BCUT2D eigenvalue weighted by Gasteiger charge is -2.10. The van der Waals surface area contributed by atoms with E-state index in [0.717, 1.165) is 4.40 Å². The Hall–Kier alpha value is -6.85. The van der Waals surface area contributed by atoms with Gasteiger partial charge in [-0.3, -0.25) is 0 Å². The summed E-state index contributed by atoms with van der Waals surface area (Å²) in [5, 5.41) is -1.69. The van der Waals surface area contributed by atoms with E-state index in [1.165, 1.54) is 0 Å². The van der Waals surface area contributed by atoms with Gasteiger partial charge in [-0.2, -0.15) is 0 Å². The van der Waals surface area contributed by atoms with Gasteiger partial charge in [0.25, 0.3) is 0 Å². The summed E-state index contributed by atoms with van der Waals surface area (Å²) in [6.45, 7) is 0. The molecule has 0 radical (unpaired) electrons. The van der Waals surface area contributed by atoms with E-state index in [0.29, 0.717) is 0 Å². The molecule has 4 aromatic heterocycles. The molecule has 0 aliphatic heterocycles. The first kappa shape index (κ1) is 12.2. The molecule has 0 aliphatic rings. The quantitative estimate of drug-likeness (QED) is 0.188. The van der Waals surface area contributed by atoms with Crippen LogP contribution in [0.25, 0.3) is 105 Å². The van der Waals surface area contributed by atoms with Crippen molar-refractivity contribution in [1.82, 2.24) is 19.4 Å². The second kappa shape index (κ2) is 10.3. The summed E-state index contributed by atoms with van der Waals surface area (Å²) in [5.74, 6) is -2.46. The molecule has 0 amide bonds. The van der Waals surface area contributed by atoms with E-state index >= 15 is 0 Å². The average Bonchev–Trinajstić information content (AvgIpc) is 4.07. The second-order valence-electron chi connectivity index (χ2n) is 10.8. The van der Waals surface area contributed by atoms with E-state index in [1.807, 2.05) is 0 Å². The lowest BCUT2D eigenvalue weighted by molar-refractivity contribution is 0.673. The number of fused-ring (bicyclic) bond motifs is 10. The SMILES string of the molecule is [2H]c1c([2H])c([2H])c(-c2nc(-c3c([2H])c([2H])c([2H])c([2H])c3[2H])nc(-c3c([2H])c([2H])c([2H])c(-c4c([2H])c([2H])c5c(c4[2H])c4c([2H])c6c(oc7c([2H])c([2H])c([2H])c([2H])c76)c6c7c([2H])c([2H])c([2H])c([2H])c7n5c46)c3[2H])n2)c([2H])c1[2H]. The Morgan fingerprint density at radius 1 is 0.420 bits per heavy atom. The molecule has 0 saturated carbocycles. The number of furan rings is 1. The molecule has 0 N–H and O–H groups in total. The molecule has 50 heavy (non-hydrogen) atoms. The predicted molar refractivity (Wildman–Crippen MR) is 204 cm³/mol. The van der Waals surface area contributed by atoms with Gasteiger partial charge in [0.1, 0.15) is 11.2 Å². The first-order valence-corrected chi connectivity index (χ1v) is 14.7. The zero-order valence-electron chi connectivity index (χ0n) is 50.7. The molecule has 11 aromatic rings. The van der Waals surface area contributed by atoms with Gasteiger partial charge in [-0.25, -0.2) is 15.0 Å². The number of hydrogen-bond donors (Lipinski definition) is 0. The normalized spacial score (nSPS) is 19.3. The van der Waals surface area contributed by atoms with E-state index in [9.17, 15) is 8.22 Å². The Kier molecular flexibility index (Phi) is 2.53. The molecule has 7 aromatic carbocycles. The molecule has 11 rings (SSSR count). The lowest BCUT2D eigenvalue weighted by Crippen LogP contribution is -2.00. The Labute approximate surface area is 322 Å². The highest BCUT2D eigenvalue weighted by atomic mass is 16.3. The maximum atomic E-state index is 9.93. The topological polar surface area (TPSA) is 56.2 Å². The lowest BCUT2D eigenvalue weighted by atomic mass is 9.99. The van der Waals surface area contributed by atoms with Crippen molar-refractivity contribution in [3.05, 3.63) is 157 Å². The van der Waals surface area contributed by atoms with Gasteiger partial charge >= 0.3 is 0 Å². The minimum Gasteiger partial charge on any atom is -0.455 e. The van der Waals surface area contributed by atoms with Gasteiger partial charge in [0, 0.05) is 43.6 Å². The standard InChI is InChI=1S/C45H26N4O/c1-3-12-27(13-4-1)43-46-44(28-14-5-2-6-15-28)48-45(47-43)31-17-11-16-29(24-31)30-22-23-38-34(25-30)35-26-36-32-18-8-10-21-39(32)50-42(36)40-33-19-7-9-20-37(33)49(38)41(35)40/h1-26H/i1D,2D,3D,4D,5D,6D,7D,8D,9D,10D,11D,12D,13D,14D,15D,16D,17D,18D,19D,20D,21D,22D,23D,24D,25D,26D. The Balaban J connectivity index is 1.31. The van der Waals surface area contributed by atoms with Crippen LogP contribution in [0.4, 0.5) is 0 Å². The van der Waals surface area contributed by atoms with Gasteiger partial charge in [-0.1, -0.05) is 121 Å². The molecule has 232 valence electrons. The molecule has 0 saturated heterocycles. The van der Waals surface area contributed by atoms with E-state index in [1.54, 1.807) is 0 Å². The number of aromatic nitrogens is 4. The number of hydrogen-bond acceptors (Lipinski definition) is 4.